The SMILES string of the molecule is Cc1cc(C(=O)N2CCN(CCC(=O)Nc3ccccc3F)CC2)on1. The number of hydrogen-bond acceptors (Lipinski definition) is 5. The zero-order valence-electron chi connectivity index (χ0n) is 14.6. The summed E-state index contributed by atoms with van der Waals surface area (Å²) in [6.07, 6.45) is 0.267. The number of benzene rings is 1. The van der Waals surface area contributed by atoms with Crippen LogP contribution in [0.5, 0.6) is 0 Å². The van der Waals surface area contributed by atoms with Crippen molar-refractivity contribution in [2.75, 3.05) is 38.0 Å². The van der Waals surface area contributed by atoms with Gasteiger partial charge in [0.1, 0.15) is 5.82 Å². The van der Waals surface area contributed by atoms with Crippen molar-refractivity contribution in [3.63, 3.8) is 0 Å². The van der Waals surface area contributed by atoms with Gasteiger partial charge >= 0.3 is 0 Å². The molecular weight excluding hydrogens is 339 g/mol. The zero-order chi connectivity index (χ0) is 18.5. The van der Waals surface area contributed by atoms with Gasteiger partial charge in [0, 0.05) is 45.2 Å². The number of carbonyl (C=O) groups is 2. The van der Waals surface area contributed by atoms with Crippen LogP contribution in [0.2, 0.25) is 0 Å². The second kappa shape index (κ2) is 8.09. The largest absolute Gasteiger partial charge is 0.351 e. The highest BCUT2D eigenvalue weighted by Gasteiger charge is 2.24. The second-order valence-corrected chi connectivity index (χ2v) is 6.24. The Morgan fingerprint density at radius 1 is 1.23 bits per heavy atom. The molecule has 7 nitrogen and oxygen atoms in total. The van der Waals surface area contributed by atoms with Crippen molar-refractivity contribution in [1.82, 2.24) is 15.0 Å². The first-order valence-corrected chi connectivity index (χ1v) is 8.52. The number of amides is 2. The lowest BCUT2D eigenvalue weighted by molar-refractivity contribution is -0.116. The zero-order valence-corrected chi connectivity index (χ0v) is 14.6. The maximum Gasteiger partial charge on any atom is 0.292 e. The number of aryl methyl sites for hydroxylation is 1. The molecule has 3 rings (SSSR count). The third-order valence-electron chi connectivity index (χ3n) is 4.30. The predicted molar refractivity (Wildman–Crippen MR) is 93.2 cm³/mol. The lowest BCUT2D eigenvalue weighted by Gasteiger charge is -2.34. The van der Waals surface area contributed by atoms with Crippen LogP contribution in [0.25, 0.3) is 0 Å². The number of nitrogens with one attached hydrogen (secondary N) is 1. The van der Waals surface area contributed by atoms with Gasteiger partial charge in [-0.25, -0.2) is 4.39 Å². The van der Waals surface area contributed by atoms with Gasteiger partial charge in [-0.3, -0.25) is 14.5 Å². The van der Waals surface area contributed by atoms with Gasteiger partial charge in [0.05, 0.1) is 11.4 Å². The summed E-state index contributed by atoms with van der Waals surface area (Å²) >= 11 is 0. The fourth-order valence-electron chi connectivity index (χ4n) is 2.83. The van der Waals surface area contributed by atoms with Crippen LogP contribution in [0.3, 0.4) is 0 Å². The average molecular weight is 360 g/mol. The van der Waals surface area contributed by atoms with E-state index >= 15 is 0 Å². The molecular formula is C18H21FN4O3. The molecule has 0 unspecified atom stereocenters. The van der Waals surface area contributed by atoms with Gasteiger partial charge in [-0.15, -0.1) is 0 Å². The van der Waals surface area contributed by atoms with E-state index in [1.165, 1.54) is 12.1 Å². The van der Waals surface area contributed by atoms with E-state index in [0.717, 1.165) is 0 Å². The van der Waals surface area contributed by atoms with E-state index in [1.807, 2.05) is 0 Å². The fourth-order valence-corrected chi connectivity index (χ4v) is 2.83. The third-order valence-corrected chi connectivity index (χ3v) is 4.30. The van der Waals surface area contributed by atoms with Gasteiger partial charge in [-0.05, 0) is 19.1 Å². The Morgan fingerprint density at radius 2 is 1.96 bits per heavy atom. The van der Waals surface area contributed by atoms with Gasteiger partial charge in [-0.1, -0.05) is 17.3 Å². The van der Waals surface area contributed by atoms with Crippen LogP contribution in [0.4, 0.5) is 10.1 Å². The Bertz CT molecular complexity index is 784. The van der Waals surface area contributed by atoms with Gasteiger partial charge in [0.25, 0.3) is 5.91 Å². The molecule has 2 aromatic rings. The summed E-state index contributed by atoms with van der Waals surface area (Å²) in [6, 6.07) is 7.71. The normalized spacial score (nSPS) is 15.1. The van der Waals surface area contributed by atoms with Crippen LogP contribution in [0.1, 0.15) is 22.7 Å². The third kappa shape index (κ3) is 4.45. The van der Waals surface area contributed by atoms with Crippen LogP contribution in [-0.2, 0) is 4.79 Å². The van der Waals surface area contributed by atoms with E-state index in [-0.39, 0.29) is 29.7 Å². The summed E-state index contributed by atoms with van der Waals surface area (Å²) < 4.78 is 18.5. The summed E-state index contributed by atoms with van der Waals surface area (Å²) in [6.45, 7) is 4.80. The molecule has 0 radical (unpaired) electrons. The topological polar surface area (TPSA) is 78.7 Å². The molecule has 1 fully saturated rings. The van der Waals surface area contributed by atoms with Gasteiger partial charge in [0.2, 0.25) is 11.7 Å². The molecule has 138 valence electrons. The lowest BCUT2D eigenvalue weighted by Crippen LogP contribution is -2.49. The molecule has 0 atom stereocenters. The Kier molecular flexibility index (Phi) is 5.62. The fraction of sp³-hybridized carbons (Fsp3) is 0.389. The van der Waals surface area contributed by atoms with Crippen LogP contribution < -0.4 is 5.32 Å². The summed E-state index contributed by atoms with van der Waals surface area (Å²) in [5.41, 5.74) is 0.864. The number of piperazine rings is 1. The number of rotatable bonds is 5. The summed E-state index contributed by atoms with van der Waals surface area (Å²) in [7, 11) is 0. The molecule has 2 heterocycles. The maximum absolute atomic E-state index is 13.5. The van der Waals surface area contributed by atoms with Crippen molar-refractivity contribution in [2.45, 2.75) is 13.3 Å². The highest BCUT2D eigenvalue weighted by molar-refractivity contribution is 5.91. The predicted octanol–water partition coefficient (Wildman–Crippen LogP) is 1.91. The first kappa shape index (κ1) is 18.1. The van der Waals surface area contributed by atoms with Crippen LogP contribution in [-0.4, -0.2) is 59.5 Å². The van der Waals surface area contributed by atoms with E-state index in [4.69, 9.17) is 4.52 Å². The van der Waals surface area contributed by atoms with E-state index in [9.17, 15) is 14.0 Å². The average Bonchev–Trinajstić information content (AvgIpc) is 3.08. The Morgan fingerprint density at radius 3 is 2.62 bits per heavy atom. The summed E-state index contributed by atoms with van der Waals surface area (Å²) in [4.78, 5) is 28.1. The molecule has 1 aliphatic rings. The lowest BCUT2D eigenvalue weighted by atomic mass is 10.2. The molecule has 8 heteroatoms. The minimum absolute atomic E-state index is 0.164. The smallest absolute Gasteiger partial charge is 0.292 e. The summed E-state index contributed by atoms with van der Waals surface area (Å²) in [5, 5.41) is 6.31. The van der Waals surface area contributed by atoms with Gasteiger partial charge in [-0.2, -0.15) is 0 Å². The number of halogens is 1. The van der Waals surface area contributed by atoms with E-state index in [0.29, 0.717) is 38.4 Å². The molecule has 1 aliphatic heterocycles. The van der Waals surface area contributed by atoms with Crippen molar-refractivity contribution < 1.29 is 18.5 Å². The highest BCUT2D eigenvalue weighted by atomic mass is 19.1. The Labute approximate surface area is 150 Å². The van der Waals surface area contributed by atoms with Crippen molar-refractivity contribution in [3.8, 4) is 0 Å². The van der Waals surface area contributed by atoms with Crippen molar-refractivity contribution in [2.24, 2.45) is 0 Å². The molecule has 0 saturated carbocycles. The van der Waals surface area contributed by atoms with E-state index in [1.54, 1.807) is 30.0 Å². The van der Waals surface area contributed by atoms with Crippen molar-refractivity contribution >= 4 is 17.5 Å². The number of carbonyl (C=O) groups excluding carboxylic acids is 2. The minimum Gasteiger partial charge on any atom is -0.351 e. The first-order valence-electron chi connectivity index (χ1n) is 8.52. The standard InChI is InChI=1S/C18H21FN4O3/c1-13-12-16(26-21-13)18(25)23-10-8-22(9-11-23)7-6-17(24)20-15-5-3-2-4-14(15)19/h2-5,12H,6-11H2,1H3,(H,20,24). The van der Waals surface area contributed by atoms with Crippen LogP contribution in [0.15, 0.2) is 34.9 Å². The molecule has 0 spiro atoms. The van der Waals surface area contributed by atoms with Gasteiger partial charge < -0.3 is 14.7 Å². The van der Waals surface area contributed by atoms with Crippen LogP contribution in [0, 0.1) is 12.7 Å². The molecule has 0 bridgehead atoms. The molecule has 1 aromatic carbocycles. The maximum atomic E-state index is 13.5. The summed E-state index contributed by atoms with van der Waals surface area (Å²) in [5.74, 6) is -0.593. The Balaban J connectivity index is 1.42. The quantitative estimate of drug-likeness (QED) is 0.881. The number of hydrogen-bond donors (Lipinski definition) is 1. The highest BCUT2D eigenvalue weighted by Crippen LogP contribution is 2.13. The number of anilines is 1. The van der Waals surface area contributed by atoms with Crippen molar-refractivity contribution in [1.29, 1.82) is 0 Å². The molecule has 1 saturated heterocycles. The molecule has 1 N–H and O–H groups in total. The number of aromatic nitrogens is 1. The minimum atomic E-state index is -0.448. The monoisotopic (exact) mass is 360 g/mol. The van der Waals surface area contributed by atoms with E-state index in [2.05, 4.69) is 15.4 Å². The molecule has 2 amide bonds. The van der Waals surface area contributed by atoms with Gasteiger partial charge in [0.15, 0.2) is 0 Å². The Hall–Kier alpha value is -2.74. The first-order chi connectivity index (χ1) is 12.5. The van der Waals surface area contributed by atoms with Crippen LogP contribution >= 0.6 is 0 Å². The molecule has 1 aromatic heterocycles. The molecule has 0 aliphatic carbocycles. The second-order valence-electron chi connectivity index (χ2n) is 6.24. The number of para-hydroxylation sites is 1. The van der Waals surface area contributed by atoms with E-state index < -0.39 is 5.82 Å². The molecule has 26 heavy (non-hydrogen) atoms. The number of nitrogens with zero attached hydrogens (tertiary/aromatic N) is 3. The van der Waals surface area contributed by atoms with Crippen molar-refractivity contribution in [3.05, 3.63) is 47.6 Å².